The summed E-state index contributed by atoms with van der Waals surface area (Å²) in [5, 5.41) is 0. The van der Waals surface area contributed by atoms with Crippen LogP contribution < -0.4 is 0 Å². The van der Waals surface area contributed by atoms with Crippen LogP contribution in [0.4, 0.5) is 0 Å². The van der Waals surface area contributed by atoms with E-state index >= 15 is 0 Å². The van der Waals surface area contributed by atoms with Crippen LogP contribution in [0.25, 0.3) is 0 Å². The summed E-state index contributed by atoms with van der Waals surface area (Å²) in [7, 11) is 0. The Morgan fingerprint density at radius 1 is 1.00 bits per heavy atom. The second kappa shape index (κ2) is 5.17. The third-order valence-electron chi connectivity index (χ3n) is 2.01. The molecule has 0 heterocycles. The molecular weight excluding hydrogens is 132 g/mol. The Labute approximate surface area is 71.0 Å². The standard InChI is InChI=1S/C11H20/c1-9(2)7-6-8-11(5)10(3)4/h1,6-8H2,2-5H3. The minimum absolute atomic E-state index is 1.17. The molecule has 0 unspecified atom stereocenters. The molecule has 0 bridgehead atoms. The van der Waals surface area contributed by atoms with Gasteiger partial charge in [-0.25, -0.2) is 0 Å². The summed E-state index contributed by atoms with van der Waals surface area (Å²) in [5.74, 6) is 0. The van der Waals surface area contributed by atoms with Crippen molar-refractivity contribution in [1.82, 2.24) is 0 Å². The van der Waals surface area contributed by atoms with Gasteiger partial charge in [0.15, 0.2) is 0 Å². The number of hydrogen-bond donors (Lipinski definition) is 0. The van der Waals surface area contributed by atoms with Crippen LogP contribution in [0.3, 0.4) is 0 Å². The maximum atomic E-state index is 3.88. The van der Waals surface area contributed by atoms with E-state index in [1.807, 2.05) is 0 Å². The Kier molecular flexibility index (Phi) is 4.93. The predicted octanol–water partition coefficient (Wildman–Crippen LogP) is 4.09. The summed E-state index contributed by atoms with van der Waals surface area (Å²) >= 11 is 0. The summed E-state index contributed by atoms with van der Waals surface area (Å²) in [6.45, 7) is 12.5. The molecule has 0 spiro atoms. The van der Waals surface area contributed by atoms with Crippen LogP contribution >= 0.6 is 0 Å². The highest BCUT2D eigenvalue weighted by atomic mass is 14.0. The van der Waals surface area contributed by atoms with Gasteiger partial charge < -0.3 is 0 Å². The van der Waals surface area contributed by atoms with Gasteiger partial charge in [0, 0.05) is 0 Å². The molecule has 0 aromatic heterocycles. The van der Waals surface area contributed by atoms with Crippen LogP contribution in [0, 0.1) is 0 Å². The topological polar surface area (TPSA) is 0 Å². The Balaban J connectivity index is 3.56. The molecule has 64 valence electrons. The number of rotatable bonds is 4. The van der Waals surface area contributed by atoms with E-state index in [0.717, 1.165) is 0 Å². The summed E-state index contributed by atoms with van der Waals surface area (Å²) in [6.07, 6.45) is 3.66. The zero-order valence-electron chi connectivity index (χ0n) is 8.33. The average molecular weight is 152 g/mol. The molecule has 0 amide bonds. The van der Waals surface area contributed by atoms with Crippen LogP contribution in [-0.2, 0) is 0 Å². The molecule has 0 N–H and O–H groups in total. The Morgan fingerprint density at radius 2 is 1.55 bits per heavy atom. The summed E-state index contributed by atoms with van der Waals surface area (Å²) < 4.78 is 0. The van der Waals surface area contributed by atoms with E-state index in [9.17, 15) is 0 Å². The van der Waals surface area contributed by atoms with Crippen molar-refractivity contribution in [3.05, 3.63) is 23.3 Å². The van der Waals surface area contributed by atoms with Crippen molar-refractivity contribution in [2.24, 2.45) is 0 Å². The molecule has 11 heavy (non-hydrogen) atoms. The largest absolute Gasteiger partial charge is 0.100 e. The van der Waals surface area contributed by atoms with E-state index < -0.39 is 0 Å². The van der Waals surface area contributed by atoms with Crippen LogP contribution in [0.2, 0.25) is 0 Å². The van der Waals surface area contributed by atoms with Crippen molar-refractivity contribution in [2.45, 2.75) is 47.0 Å². The van der Waals surface area contributed by atoms with Gasteiger partial charge in [0.25, 0.3) is 0 Å². The molecule has 0 aliphatic rings. The van der Waals surface area contributed by atoms with E-state index in [4.69, 9.17) is 0 Å². The van der Waals surface area contributed by atoms with Gasteiger partial charge in [-0.05, 0) is 47.0 Å². The van der Waals surface area contributed by atoms with Crippen LogP contribution in [-0.4, -0.2) is 0 Å². The highest BCUT2D eigenvalue weighted by Crippen LogP contribution is 2.13. The van der Waals surface area contributed by atoms with Gasteiger partial charge in [-0.2, -0.15) is 0 Å². The minimum atomic E-state index is 1.17. The van der Waals surface area contributed by atoms with Gasteiger partial charge in [0.2, 0.25) is 0 Å². The van der Waals surface area contributed by atoms with E-state index in [2.05, 4.69) is 34.3 Å². The van der Waals surface area contributed by atoms with E-state index in [1.54, 1.807) is 0 Å². The minimum Gasteiger partial charge on any atom is -0.100 e. The second-order valence-corrected chi connectivity index (χ2v) is 3.59. The quantitative estimate of drug-likeness (QED) is 0.532. The lowest BCUT2D eigenvalue weighted by Gasteiger charge is -2.03. The number of allylic oxidation sites excluding steroid dienone is 3. The Bertz CT molecular complexity index is 157. The Morgan fingerprint density at radius 3 is 1.91 bits per heavy atom. The van der Waals surface area contributed by atoms with Crippen LogP contribution in [0.1, 0.15) is 47.0 Å². The molecule has 0 nitrogen and oxygen atoms in total. The first-order chi connectivity index (χ1) is 5.04. The lowest BCUT2D eigenvalue weighted by molar-refractivity contribution is 0.798. The predicted molar refractivity (Wildman–Crippen MR) is 52.7 cm³/mol. The fourth-order valence-corrected chi connectivity index (χ4v) is 0.905. The molecule has 0 aromatic rings. The molecular formula is C11H20. The summed E-state index contributed by atoms with van der Waals surface area (Å²) in [5.41, 5.74) is 4.30. The molecule has 0 saturated carbocycles. The average Bonchev–Trinajstić information content (AvgIpc) is 1.86. The van der Waals surface area contributed by atoms with Crippen molar-refractivity contribution in [1.29, 1.82) is 0 Å². The van der Waals surface area contributed by atoms with Gasteiger partial charge in [0.05, 0.1) is 0 Å². The smallest absolute Gasteiger partial charge is 0.0318 e. The fourth-order valence-electron chi connectivity index (χ4n) is 0.905. The van der Waals surface area contributed by atoms with Gasteiger partial charge >= 0.3 is 0 Å². The van der Waals surface area contributed by atoms with Crippen molar-refractivity contribution < 1.29 is 0 Å². The SMILES string of the molecule is C=C(C)CCCC(C)=C(C)C. The molecule has 0 heteroatoms. The molecule has 0 radical (unpaired) electrons. The van der Waals surface area contributed by atoms with Gasteiger partial charge in [-0.1, -0.05) is 16.7 Å². The monoisotopic (exact) mass is 152 g/mol. The van der Waals surface area contributed by atoms with Crippen molar-refractivity contribution >= 4 is 0 Å². The van der Waals surface area contributed by atoms with E-state index in [1.165, 1.54) is 36.0 Å². The third-order valence-corrected chi connectivity index (χ3v) is 2.01. The van der Waals surface area contributed by atoms with Gasteiger partial charge in [0.1, 0.15) is 0 Å². The first-order valence-electron chi connectivity index (χ1n) is 4.31. The molecule has 0 fully saturated rings. The third kappa shape index (κ3) is 5.90. The van der Waals surface area contributed by atoms with Gasteiger partial charge in [-0.15, -0.1) is 6.58 Å². The van der Waals surface area contributed by atoms with Crippen LogP contribution in [0.5, 0.6) is 0 Å². The fraction of sp³-hybridized carbons (Fsp3) is 0.636. The summed E-state index contributed by atoms with van der Waals surface area (Å²) in [4.78, 5) is 0. The van der Waals surface area contributed by atoms with Crippen molar-refractivity contribution in [2.75, 3.05) is 0 Å². The first-order valence-corrected chi connectivity index (χ1v) is 4.31. The van der Waals surface area contributed by atoms with Crippen molar-refractivity contribution in [3.63, 3.8) is 0 Å². The molecule has 0 aliphatic carbocycles. The van der Waals surface area contributed by atoms with E-state index in [0.29, 0.717) is 0 Å². The van der Waals surface area contributed by atoms with Gasteiger partial charge in [-0.3, -0.25) is 0 Å². The first kappa shape index (κ1) is 10.5. The number of hydrogen-bond acceptors (Lipinski definition) is 0. The Hall–Kier alpha value is -0.520. The summed E-state index contributed by atoms with van der Waals surface area (Å²) in [6, 6.07) is 0. The highest BCUT2D eigenvalue weighted by Gasteiger charge is 1.92. The normalized spacial score (nSPS) is 9.45. The van der Waals surface area contributed by atoms with E-state index in [-0.39, 0.29) is 0 Å². The zero-order valence-corrected chi connectivity index (χ0v) is 8.33. The maximum Gasteiger partial charge on any atom is -0.0318 e. The zero-order chi connectivity index (χ0) is 8.85. The maximum absolute atomic E-state index is 3.88. The lowest BCUT2D eigenvalue weighted by Crippen LogP contribution is -1.82. The molecule has 0 atom stereocenters. The van der Waals surface area contributed by atoms with Crippen molar-refractivity contribution in [3.8, 4) is 0 Å². The molecule has 0 aromatic carbocycles. The second-order valence-electron chi connectivity index (χ2n) is 3.59. The molecule has 0 rings (SSSR count). The van der Waals surface area contributed by atoms with Crippen LogP contribution in [0.15, 0.2) is 23.3 Å². The lowest BCUT2D eigenvalue weighted by atomic mass is 10.0. The molecule has 0 aliphatic heterocycles. The molecule has 0 saturated heterocycles. The highest BCUT2D eigenvalue weighted by molar-refractivity contribution is 5.06.